The fourth-order valence-electron chi connectivity index (χ4n) is 4.45. The summed E-state index contributed by atoms with van der Waals surface area (Å²) in [4.78, 5) is 27.3. The molecule has 8 heteroatoms. The summed E-state index contributed by atoms with van der Waals surface area (Å²) in [5.41, 5.74) is 1.08. The predicted molar refractivity (Wildman–Crippen MR) is 128 cm³/mol. The van der Waals surface area contributed by atoms with Gasteiger partial charge < -0.3 is 10.2 Å². The van der Waals surface area contributed by atoms with Gasteiger partial charge in [-0.1, -0.05) is 56.3 Å². The number of benzene rings is 2. The highest BCUT2D eigenvalue weighted by molar-refractivity contribution is 7.89. The number of amides is 2. The van der Waals surface area contributed by atoms with Crippen molar-refractivity contribution in [2.45, 2.75) is 50.5 Å². The summed E-state index contributed by atoms with van der Waals surface area (Å²) in [6.45, 7) is 7.39. The normalized spacial score (nSPS) is 15.9. The van der Waals surface area contributed by atoms with Gasteiger partial charge in [-0.2, -0.15) is 4.31 Å². The zero-order valence-electron chi connectivity index (χ0n) is 19.6. The van der Waals surface area contributed by atoms with E-state index >= 15 is 0 Å². The smallest absolute Gasteiger partial charge is 0.243 e. The Hall–Kier alpha value is -2.71. The van der Waals surface area contributed by atoms with Crippen LogP contribution in [-0.4, -0.2) is 55.6 Å². The summed E-state index contributed by atoms with van der Waals surface area (Å²) in [6.07, 6.45) is 1.12. The van der Waals surface area contributed by atoms with E-state index in [1.807, 2.05) is 44.2 Å². The molecule has 2 amide bonds. The lowest BCUT2D eigenvalue weighted by molar-refractivity contribution is -0.135. The van der Waals surface area contributed by atoms with Crippen molar-refractivity contribution in [3.05, 3.63) is 65.7 Å². The Bertz CT molecular complexity index is 1060. The number of nitrogens with one attached hydrogen (secondary N) is 1. The van der Waals surface area contributed by atoms with Crippen LogP contribution in [0.15, 0.2) is 59.5 Å². The fraction of sp³-hybridized carbons (Fsp3) is 0.440. The highest BCUT2D eigenvalue weighted by atomic mass is 32.2. The molecule has 2 aromatic rings. The van der Waals surface area contributed by atoms with Crippen LogP contribution in [0.5, 0.6) is 0 Å². The van der Waals surface area contributed by atoms with Gasteiger partial charge in [0.05, 0.1) is 10.3 Å². The number of piperidine rings is 1. The Balaban J connectivity index is 1.74. The lowest BCUT2D eigenvalue weighted by Crippen LogP contribution is -2.52. The van der Waals surface area contributed by atoms with Crippen molar-refractivity contribution in [2.24, 2.45) is 0 Å². The van der Waals surface area contributed by atoms with Crippen LogP contribution in [0.2, 0.25) is 0 Å². The van der Waals surface area contributed by atoms with Crippen LogP contribution >= 0.6 is 0 Å². The van der Waals surface area contributed by atoms with Gasteiger partial charge in [0.15, 0.2) is 0 Å². The van der Waals surface area contributed by atoms with E-state index in [1.165, 1.54) is 4.31 Å². The topological polar surface area (TPSA) is 86.8 Å². The Kier molecular flexibility index (Phi) is 7.92. The van der Waals surface area contributed by atoms with Crippen LogP contribution < -0.4 is 5.32 Å². The molecular weight excluding hydrogens is 438 g/mol. The van der Waals surface area contributed by atoms with Gasteiger partial charge in [0, 0.05) is 39.6 Å². The summed E-state index contributed by atoms with van der Waals surface area (Å²) in [5.74, 6) is -0.0476. The standard InChI is InChI=1S/C25H33N3O4S/c1-4-28(5-2)33(31,32)23-13-11-21(12-14-23)19-26-24(30)25(22-9-7-6-8-10-22)15-17-27(18-16-25)20(3)29/h6-14H,4-5,15-19H2,1-3H3,(H,26,30). The molecule has 1 heterocycles. The number of hydrogen-bond acceptors (Lipinski definition) is 4. The Morgan fingerprint density at radius 2 is 1.55 bits per heavy atom. The van der Waals surface area contributed by atoms with E-state index in [-0.39, 0.29) is 16.7 Å². The quantitative estimate of drug-likeness (QED) is 0.641. The summed E-state index contributed by atoms with van der Waals surface area (Å²) in [7, 11) is -3.51. The van der Waals surface area contributed by atoms with Gasteiger partial charge in [0.2, 0.25) is 21.8 Å². The van der Waals surface area contributed by atoms with E-state index in [9.17, 15) is 18.0 Å². The molecule has 0 aromatic heterocycles. The molecule has 3 rings (SSSR count). The van der Waals surface area contributed by atoms with Gasteiger partial charge in [0.25, 0.3) is 0 Å². The third-order valence-corrected chi connectivity index (χ3v) is 8.61. The third kappa shape index (κ3) is 5.28. The van der Waals surface area contributed by atoms with Crippen molar-refractivity contribution in [3.8, 4) is 0 Å². The Morgan fingerprint density at radius 1 is 0.970 bits per heavy atom. The molecule has 0 bridgehead atoms. The van der Waals surface area contributed by atoms with E-state index < -0.39 is 15.4 Å². The molecule has 1 aliphatic heterocycles. The first-order chi connectivity index (χ1) is 15.7. The van der Waals surface area contributed by atoms with Gasteiger partial charge >= 0.3 is 0 Å². The predicted octanol–water partition coefficient (Wildman–Crippen LogP) is 2.91. The molecule has 178 valence electrons. The fourth-order valence-corrected chi connectivity index (χ4v) is 5.91. The summed E-state index contributed by atoms with van der Waals surface area (Å²) < 4.78 is 26.8. The second-order valence-electron chi connectivity index (χ2n) is 8.37. The first kappa shape index (κ1) is 24.9. The van der Waals surface area contributed by atoms with Crippen molar-refractivity contribution < 1.29 is 18.0 Å². The lowest BCUT2D eigenvalue weighted by atomic mass is 9.72. The van der Waals surface area contributed by atoms with Crippen LogP contribution in [0, 0.1) is 0 Å². The molecule has 0 radical (unpaired) electrons. The molecule has 0 aliphatic carbocycles. The number of hydrogen-bond donors (Lipinski definition) is 1. The summed E-state index contributed by atoms with van der Waals surface area (Å²) in [5, 5.41) is 3.05. The molecule has 7 nitrogen and oxygen atoms in total. The van der Waals surface area contributed by atoms with Crippen molar-refractivity contribution in [3.63, 3.8) is 0 Å². The molecule has 1 N–H and O–H groups in total. The second kappa shape index (κ2) is 10.5. The number of carbonyl (C=O) groups excluding carboxylic acids is 2. The molecule has 1 aliphatic rings. The minimum Gasteiger partial charge on any atom is -0.351 e. The Labute approximate surface area is 196 Å². The highest BCUT2D eigenvalue weighted by Crippen LogP contribution is 2.36. The van der Waals surface area contributed by atoms with Crippen molar-refractivity contribution >= 4 is 21.8 Å². The van der Waals surface area contributed by atoms with Crippen LogP contribution in [0.3, 0.4) is 0 Å². The molecule has 0 atom stereocenters. The summed E-state index contributed by atoms with van der Waals surface area (Å²) >= 11 is 0. The maximum Gasteiger partial charge on any atom is 0.243 e. The average Bonchev–Trinajstić information content (AvgIpc) is 2.84. The minimum absolute atomic E-state index is 0.0248. The van der Waals surface area contributed by atoms with Crippen LogP contribution in [-0.2, 0) is 31.6 Å². The number of likely N-dealkylation sites (tertiary alicyclic amines) is 1. The molecule has 0 saturated carbocycles. The minimum atomic E-state index is -3.51. The van der Waals surface area contributed by atoms with Crippen LogP contribution in [0.1, 0.15) is 44.7 Å². The van der Waals surface area contributed by atoms with E-state index in [0.29, 0.717) is 45.6 Å². The molecule has 2 aromatic carbocycles. The van der Waals surface area contributed by atoms with Crippen LogP contribution in [0.4, 0.5) is 0 Å². The van der Waals surface area contributed by atoms with Gasteiger partial charge in [-0.3, -0.25) is 9.59 Å². The summed E-state index contributed by atoms with van der Waals surface area (Å²) in [6, 6.07) is 16.4. The van der Waals surface area contributed by atoms with E-state index in [1.54, 1.807) is 36.1 Å². The SMILES string of the molecule is CCN(CC)S(=O)(=O)c1ccc(CNC(=O)C2(c3ccccc3)CCN(C(C)=O)CC2)cc1. The van der Waals surface area contributed by atoms with Gasteiger partial charge in [-0.05, 0) is 36.1 Å². The zero-order valence-corrected chi connectivity index (χ0v) is 20.4. The third-order valence-electron chi connectivity index (χ3n) is 6.54. The van der Waals surface area contributed by atoms with Crippen molar-refractivity contribution in [1.82, 2.24) is 14.5 Å². The molecule has 0 unspecified atom stereocenters. The van der Waals surface area contributed by atoms with Crippen molar-refractivity contribution in [1.29, 1.82) is 0 Å². The monoisotopic (exact) mass is 471 g/mol. The largest absolute Gasteiger partial charge is 0.351 e. The maximum absolute atomic E-state index is 13.4. The number of sulfonamides is 1. The van der Waals surface area contributed by atoms with E-state index in [2.05, 4.69) is 5.32 Å². The number of nitrogens with zero attached hydrogens (tertiary/aromatic N) is 2. The molecule has 33 heavy (non-hydrogen) atoms. The second-order valence-corrected chi connectivity index (χ2v) is 10.3. The van der Waals surface area contributed by atoms with E-state index in [0.717, 1.165) is 11.1 Å². The van der Waals surface area contributed by atoms with Gasteiger partial charge in [0.1, 0.15) is 0 Å². The molecule has 1 saturated heterocycles. The van der Waals surface area contributed by atoms with Crippen LogP contribution in [0.25, 0.3) is 0 Å². The van der Waals surface area contributed by atoms with Crippen molar-refractivity contribution in [2.75, 3.05) is 26.2 Å². The van der Waals surface area contributed by atoms with Gasteiger partial charge in [-0.25, -0.2) is 8.42 Å². The zero-order chi connectivity index (χ0) is 24.1. The molecular formula is C25H33N3O4S. The van der Waals surface area contributed by atoms with E-state index in [4.69, 9.17) is 0 Å². The average molecular weight is 472 g/mol. The first-order valence-corrected chi connectivity index (χ1v) is 12.9. The Morgan fingerprint density at radius 3 is 2.06 bits per heavy atom. The maximum atomic E-state index is 13.4. The molecule has 0 spiro atoms. The van der Waals surface area contributed by atoms with Gasteiger partial charge in [-0.15, -0.1) is 0 Å². The molecule has 1 fully saturated rings. The number of rotatable bonds is 8. The lowest BCUT2D eigenvalue weighted by Gasteiger charge is -2.40. The first-order valence-electron chi connectivity index (χ1n) is 11.4. The highest BCUT2D eigenvalue weighted by Gasteiger charge is 2.43. The number of carbonyl (C=O) groups is 2.